The van der Waals surface area contributed by atoms with Crippen LogP contribution in [0.4, 0.5) is 0 Å². The van der Waals surface area contributed by atoms with Crippen LogP contribution in [0, 0.1) is 0 Å². The Morgan fingerprint density at radius 3 is 2.62 bits per heavy atom. The van der Waals surface area contributed by atoms with Crippen molar-refractivity contribution in [2.24, 2.45) is 0 Å². The molecule has 24 heavy (non-hydrogen) atoms. The van der Waals surface area contributed by atoms with Gasteiger partial charge in [-0.2, -0.15) is 4.98 Å². The zero-order valence-corrected chi connectivity index (χ0v) is 12.9. The molecule has 6 nitrogen and oxygen atoms in total. The molecule has 1 N–H and O–H groups in total. The van der Waals surface area contributed by atoms with Gasteiger partial charge in [-0.3, -0.25) is 4.79 Å². The SMILES string of the molecule is O=C(O)CCc1nc(-c2ccccc2OCc2ccccc2)no1. The van der Waals surface area contributed by atoms with Gasteiger partial charge in [0.1, 0.15) is 12.4 Å². The number of hydrogen-bond acceptors (Lipinski definition) is 5. The van der Waals surface area contributed by atoms with Gasteiger partial charge in [0.2, 0.25) is 11.7 Å². The molecule has 0 bridgehead atoms. The summed E-state index contributed by atoms with van der Waals surface area (Å²) in [6.45, 7) is 0.432. The lowest BCUT2D eigenvalue weighted by atomic mass is 10.2. The predicted molar refractivity (Wildman–Crippen MR) is 86.5 cm³/mol. The Morgan fingerprint density at radius 1 is 1.08 bits per heavy atom. The van der Waals surface area contributed by atoms with Crippen molar-refractivity contribution < 1.29 is 19.2 Å². The van der Waals surface area contributed by atoms with Crippen molar-refractivity contribution in [3.05, 3.63) is 66.1 Å². The van der Waals surface area contributed by atoms with Crippen LogP contribution in [0.3, 0.4) is 0 Å². The first-order valence-corrected chi connectivity index (χ1v) is 7.53. The van der Waals surface area contributed by atoms with Crippen LogP contribution in [0.1, 0.15) is 17.9 Å². The third-order valence-corrected chi connectivity index (χ3v) is 3.39. The monoisotopic (exact) mass is 324 g/mol. The number of benzene rings is 2. The zero-order valence-electron chi connectivity index (χ0n) is 12.9. The van der Waals surface area contributed by atoms with E-state index in [1.54, 1.807) is 0 Å². The first-order valence-electron chi connectivity index (χ1n) is 7.53. The molecule has 2 aromatic carbocycles. The summed E-state index contributed by atoms with van der Waals surface area (Å²) in [5.41, 5.74) is 1.77. The molecule has 0 unspecified atom stereocenters. The number of carboxylic acid groups (broad SMARTS) is 1. The van der Waals surface area contributed by atoms with Gasteiger partial charge in [-0.1, -0.05) is 47.6 Å². The van der Waals surface area contributed by atoms with Crippen molar-refractivity contribution in [3.63, 3.8) is 0 Å². The summed E-state index contributed by atoms with van der Waals surface area (Å²) in [6, 6.07) is 17.2. The number of carboxylic acids is 1. The molecular weight excluding hydrogens is 308 g/mol. The molecule has 3 aromatic rings. The lowest BCUT2D eigenvalue weighted by molar-refractivity contribution is -0.137. The highest BCUT2D eigenvalue weighted by molar-refractivity contribution is 5.67. The molecule has 0 amide bonds. The summed E-state index contributed by atoms with van der Waals surface area (Å²) < 4.78 is 11.0. The number of aryl methyl sites for hydroxylation is 1. The maximum atomic E-state index is 10.6. The summed E-state index contributed by atoms with van der Waals surface area (Å²) in [7, 11) is 0. The fraction of sp³-hybridized carbons (Fsp3) is 0.167. The Morgan fingerprint density at radius 2 is 1.83 bits per heavy atom. The third-order valence-electron chi connectivity index (χ3n) is 3.39. The lowest BCUT2D eigenvalue weighted by Gasteiger charge is -2.09. The Balaban J connectivity index is 1.75. The normalized spacial score (nSPS) is 10.5. The van der Waals surface area contributed by atoms with Crippen LogP contribution in [0.5, 0.6) is 5.75 Å². The maximum absolute atomic E-state index is 10.6. The number of aromatic nitrogens is 2. The van der Waals surface area contributed by atoms with Gasteiger partial charge in [0, 0.05) is 6.42 Å². The van der Waals surface area contributed by atoms with Crippen LogP contribution in [0.25, 0.3) is 11.4 Å². The second-order valence-corrected chi connectivity index (χ2v) is 5.18. The Kier molecular flexibility index (Phi) is 4.86. The van der Waals surface area contributed by atoms with E-state index in [1.807, 2.05) is 54.6 Å². The summed E-state index contributed by atoms with van der Waals surface area (Å²) in [4.78, 5) is 14.9. The molecule has 6 heteroatoms. The van der Waals surface area contributed by atoms with Gasteiger partial charge in [0.25, 0.3) is 0 Å². The molecule has 1 aromatic heterocycles. The summed E-state index contributed by atoms with van der Waals surface area (Å²) >= 11 is 0. The van der Waals surface area contributed by atoms with Gasteiger partial charge in [-0.25, -0.2) is 0 Å². The van der Waals surface area contributed by atoms with Crippen LogP contribution in [-0.2, 0) is 17.8 Å². The van der Waals surface area contributed by atoms with E-state index < -0.39 is 5.97 Å². The van der Waals surface area contributed by atoms with Gasteiger partial charge in [-0.05, 0) is 17.7 Å². The van der Waals surface area contributed by atoms with E-state index in [-0.39, 0.29) is 12.8 Å². The number of rotatable bonds is 7. The number of carbonyl (C=O) groups is 1. The topological polar surface area (TPSA) is 85.5 Å². The average Bonchev–Trinajstić information content (AvgIpc) is 3.08. The van der Waals surface area contributed by atoms with Crippen molar-refractivity contribution >= 4 is 5.97 Å². The Labute approximate surface area is 138 Å². The average molecular weight is 324 g/mol. The predicted octanol–water partition coefficient (Wildman–Crippen LogP) is 3.33. The minimum Gasteiger partial charge on any atom is -0.488 e. The van der Waals surface area contributed by atoms with Crippen LogP contribution in [0.15, 0.2) is 59.1 Å². The van der Waals surface area contributed by atoms with Crippen molar-refractivity contribution in [1.29, 1.82) is 0 Å². The quantitative estimate of drug-likeness (QED) is 0.717. The molecule has 1 heterocycles. The van der Waals surface area contributed by atoms with E-state index in [9.17, 15) is 4.79 Å². The molecule has 0 spiro atoms. The molecule has 0 aliphatic rings. The molecule has 122 valence electrons. The minimum absolute atomic E-state index is 0.0478. The number of para-hydroxylation sites is 1. The van der Waals surface area contributed by atoms with Crippen LogP contribution in [-0.4, -0.2) is 21.2 Å². The van der Waals surface area contributed by atoms with Crippen molar-refractivity contribution in [1.82, 2.24) is 10.1 Å². The molecule has 0 saturated heterocycles. The fourth-order valence-corrected chi connectivity index (χ4v) is 2.19. The molecular formula is C18H16N2O4. The second kappa shape index (κ2) is 7.41. The smallest absolute Gasteiger partial charge is 0.303 e. The van der Waals surface area contributed by atoms with E-state index >= 15 is 0 Å². The largest absolute Gasteiger partial charge is 0.488 e. The number of ether oxygens (including phenoxy) is 1. The summed E-state index contributed by atoms with van der Waals surface area (Å²) in [6.07, 6.45) is 0.156. The third kappa shape index (κ3) is 3.98. The van der Waals surface area contributed by atoms with Gasteiger partial charge < -0.3 is 14.4 Å². The van der Waals surface area contributed by atoms with Gasteiger partial charge in [-0.15, -0.1) is 0 Å². The molecule has 0 atom stereocenters. The van der Waals surface area contributed by atoms with Crippen LogP contribution < -0.4 is 4.74 Å². The highest BCUT2D eigenvalue weighted by atomic mass is 16.5. The van der Waals surface area contributed by atoms with E-state index in [1.165, 1.54) is 0 Å². The summed E-state index contributed by atoms with van der Waals surface area (Å²) in [5.74, 6) is 0.428. The molecule has 0 fully saturated rings. The highest BCUT2D eigenvalue weighted by Crippen LogP contribution is 2.28. The minimum atomic E-state index is -0.902. The molecule has 3 rings (SSSR count). The fourth-order valence-electron chi connectivity index (χ4n) is 2.19. The lowest BCUT2D eigenvalue weighted by Crippen LogP contribution is -1.98. The van der Waals surface area contributed by atoms with E-state index in [4.69, 9.17) is 14.4 Å². The second-order valence-electron chi connectivity index (χ2n) is 5.18. The number of hydrogen-bond donors (Lipinski definition) is 1. The van der Waals surface area contributed by atoms with Crippen molar-refractivity contribution in [2.75, 3.05) is 0 Å². The highest BCUT2D eigenvalue weighted by Gasteiger charge is 2.14. The number of aliphatic carboxylic acids is 1. The van der Waals surface area contributed by atoms with E-state index in [2.05, 4.69) is 10.1 Å². The van der Waals surface area contributed by atoms with Crippen molar-refractivity contribution in [3.8, 4) is 17.1 Å². The first kappa shape index (κ1) is 15.7. The van der Waals surface area contributed by atoms with Gasteiger partial charge in [0.15, 0.2) is 0 Å². The Bertz CT molecular complexity index is 815. The molecule has 0 aliphatic heterocycles. The molecule has 0 radical (unpaired) electrons. The first-order chi connectivity index (χ1) is 11.7. The Hall–Kier alpha value is -3.15. The van der Waals surface area contributed by atoms with Crippen LogP contribution >= 0.6 is 0 Å². The zero-order chi connectivity index (χ0) is 16.8. The van der Waals surface area contributed by atoms with E-state index in [0.717, 1.165) is 5.56 Å². The maximum Gasteiger partial charge on any atom is 0.303 e. The number of nitrogens with zero attached hydrogens (tertiary/aromatic N) is 2. The molecule has 0 aliphatic carbocycles. The standard InChI is InChI=1S/C18H16N2O4/c21-17(22)11-10-16-19-18(20-24-16)14-8-4-5-9-15(14)23-12-13-6-2-1-3-7-13/h1-9H,10-12H2,(H,21,22). The summed E-state index contributed by atoms with van der Waals surface area (Å²) in [5, 5.41) is 12.6. The molecule has 0 saturated carbocycles. The van der Waals surface area contributed by atoms with Crippen molar-refractivity contribution in [2.45, 2.75) is 19.4 Å². The van der Waals surface area contributed by atoms with Crippen LogP contribution in [0.2, 0.25) is 0 Å². The van der Waals surface area contributed by atoms with Gasteiger partial charge >= 0.3 is 5.97 Å². The van der Waals surface area contributed by atoms with Gasteiger partial charge in [0.05, 0.1) is 12.0 Å². The van der Waals surface area contributed by atoms with E-state index in [0.29, 0.717) is 29.6 Å².